The summed E-state index contributed by atoms with van der Waals surface area (Å²) < 4.78 is 2.19. The van der Waals surface area contributed by atoms with E-state index in [1.54, 1.807) is 0 Å². The van der Waals surface area contributed by atoms with Gasteiger partial charge in [-0.25, -0.2) is 0 Å². The third-order valence-corrected chi connectivity index (χ3v) is 5.33. The number of anilines is 1. The number of non-ortho nitro benzene ring substituents is 1. The van der Waals surface area contributed by atoms with Gasteiger partial charge >= 0.3 is 0 Å². The van der Waals surface area contributed by atoms with Gasteiger partial charge in [-0.05, 0) is 43.4 Å². The van der Waals surface area contributed by atoms with Crippen LogP contribution in [-0.2, 0) is 11.3 Å². The zero-order valence-corrected chi connectivity index (χ0v) is 18.2. The lowest BCUT2D eigenvalue weighted by atomic mass is 10.2. The number of fused-ring (bicyclic) bond motifs is 1. The standard InChI is InChI=1S/C23H27N5O4/c1-3-26(4-2)12-13-27-11-10-17-14-19(8-9-21(17)27)25-22(29)16-24-23(30)18-6-5-7-20(15-18)28(31)32/h5-11,14-15H,3-4,12-13,16H2,1-2H3,(H,24,30)(H,25,29). The Hall–Kier alpha value is -3.72. The molecule has 0 atom stereocenters. The first-order chi connectivity index (χ1) is 15.4. The van der Waals surface area contributed by atoms with Gasteiger partial charge in [-0.2, -0.15) is 0 Å². The number of nitrogens with zero attached hydrogens (tertiary/aromatic N) is 3. The zero-order valence-electron chi connectivity index (χ0n) is 18.2. The van der Waals surface area contributed by atoms with Crippen molar-refractivity contribution in [3.63, 3.8) is 0 Å². The monoisotopic (exact) mass is 437 g/mol. The maximum Gasteiger partial charge on any atom is 0.270 e. The van der Waals surface area contributed by atoms with E-state index in [0.717, 1.165) is 37.1 Å². The predicted octanol–water partition coefficient (Wildman–Crippen LogP) is 3.26. The van der Waals surface area contributed by atoms with E-state index in [4.69, 9.17) is 0 Å². The second kappa shape index (κ2) is 10.5. The topological polar surface area (TPSA) is 110 Å². The molecule has 3 aromatic rings. The number of carbonyl (C=O) groups is 2. The summed E-state index contributed by atoms with van der Waals surface area (Å²) in [5.41, 5.74) is 1.67. The van der Waals surface area contributed by atoms with Crippen molar-refractivity contribution < 1.29 is 14.5 Å². The molecule has 0 radical (unpaired) electrons. The highest BCUT2D eigenvalue weighted by molar-refractivity contribution is 6.00. The third kappa shape index (κ3) is 5.70. The zero-order chi connectivity index (χ0) is 23.1. The third-order valence-electron chi connectivity index (χ3n) is 5.33. The van der Waals surface area contributed by atoms with Gasteiger partial charge in [-0.3, -0.25) is 19.7 Å². The lowest BCUT2D eigenvalue weighted by Gasteiger charge is -2.18. The molecule has 2 amide bonds. The molecule has 0 aliphatic carbocycles. The molecule has 2 N–H and O–H groups in total. The van der Waals surface area contributed by atoms with E-state index in [0.29, 0.717) is 5.69 Å². The smallest absolute Gasteiger partial charge is 0.270 e. The quantitative estimate of drug-likeness (QED) is 0.374. The Bertz CT molecular complexity index is 1120. The maximum absolute atomic E-state index is 12.3. The number of nitrogens with one attached hydrogen (secondary N) is 2. The van der Waals surface area contributed by atoms with Crippen LogP contribution in [0.15, 0.2) is 54.7 Å². The summed E-state index contributed by atoms with van der Waals surface area (Å²) in [4.78, 5) is 37.1. The number of likely N-dealkylation sites (N-methyl/N-ethyl adjacent to an activating group) is 1. The number of aromatic nitrogens is 1. The van der Waals surface area contributed by atoms with Gasteiger partial charge in [0.1, 0.15) is 0 Å². The highest BCUT2D eigenvalue weighted by atomic mass is 16.6. The van der Waals surface area contributed by atoms with Gasteiger partial charge in [0, 0.05) is 53.6 Å². The molecule has 0 bridgehead atoms. The van der Waals surface area contributed by atoms with Gasteiger partial charge in [-0.1, -0.05) is 19.9 Å². The molecule has 0 fully saturated rings. The molecule has 0 saturated carbocycles. The summed E-state index contributed by atoms with van der Waals surface area (Å²) in [6, 6.07) is 13.1. The van der Waals surface area contributed by atoms with Crippen LogP contribution in [-0.4, -0.2) is 52.4 Å². The Kier molecular flexibility index (Phi) is 7.56. The molecule has 0 unspecified atom stereocenters. The van der Waals surface area contributed by atoms with E-state index < -0.39 is 10.8 Å². The minimum atomic E-state index is -0.573. The molecule has 1 heterocycles. The highest BCUT2D eigenvalue weighted by Crippen LogP contribution is 2.21. The Morgan fingerprint density at radius 1 is 1.09 bits per heavy atom. The van der Waals surface area contributed by atoms with Gasteiger partial charge in [0.05, 0.1) is 11.5 Å². The number of hydrogen-bond donors (Lipinski definition) is 2. The van der Waals surface area contributed by atoms with Crippen molar-refractivity contribution in [2.45, 2.75) is 20.4 Å². The Labute approximate surface area is 186 Å². The number of rotatable bonds is 10. The fourth-order valence-corrected chi connectivity index (χ4v) is 3.49. The number of amides is 2. The van der Waals surface area contributed by atoms with Crippen molar-refractivity contribution in [3.05, 3.63) is 70.4 Å². The number of hydrogen-bond acceptors (Lipinski definition) is 5. The molecule has 2 aromatic carbocycles. The molecule has 9 nitrogen and oxygen atoms in total. The summed E-state index contributed by atoms with van der Waals surface area (Å²) >= 11 is 0. The van der Waals surface area contributed by atoms with E-state index in [9.17, 15) is 19.7 Å². The Morgan fingerprint density at radius 2 is 1.88 bits per heavy atom. The van der Waals surface area contributed by atoms with Crippen molar-refractivity contribution in [1.29, 1.82) is 0 Å². The Balaban J connectivity index is 1.57. The van der Waals surface area contributed by atoms with Crippen LogP contribution in [0.25, 0.3) is 10.9 Å². The molecule has 0 aliphatic heterocycles. The van der Waals surface area contributed by atoms with Crippen LogP contribution in [0.4, 0.5) is 11.4 Å². The van der Waals surface area contributed by atoms with Gasteiger partial charge < -0.3 is 20.1 Å². The van der Waals surface area contributed by atoms with Crippen LogP contribution in [0.2, 0.25) is 0 Å². The van der Waals surface area contributed by atoms with Crippen LogP contribution in [0.1, 0.15) is 24.2 Å². The largest absolute Gasteiger partial charge is 0.346 e. The summed E-state index contributed by atoms with van der Waals surface area (Å²) in [6.07, 6.45) is 2.04. The van der Waals surface area contributed by atoms with Crippen LogP contribution in [0, 0.1) is 10.1 Å². The number of nitro benzene ring substituents is 1. The van der Waals surface area contributed by atoms with E-state index in [1.807, 2.05) is 30.5 Å². The lowest BCUT2D eigenvalue weighted by molar-refractivity contribution is -0.384. The highest BCUT2D eigenvalue weighted by Gasteiger charge is 2.13. The molecular formula is C23H27N5O4. The first-order valence-electron chi connectivity index (χ1n) is 10.5. The molecule has 168 valence electrons. The number of nitro groups is 1. The first-order valence-corrected chi connectivity index (χ1v) is 10.5. The second-order valence-corrected chi connectivity index (χ2v) is 7.35. The Morgan fingerprint density at radius 3 is 2.59 bits per heavy atom. The van der Waals surface area contributed by atoms with Crippen LogP contribution >= 0.6 is 0 Å². The molecule has 32 heavy (non-hydrogen) atoms. The predicted molar refractivity (Wildman–Crippen MR) is 124 cm³/mol. The van der Waals surface area contributed by atoms with Gasteiger partial charge in [0.15, 0.2) is 0 Å². The minimum absolute atomic E-state index is 0.125. The molecule has 1 aromatic heterocycles. The molecule has 0 saturated heterocycles. The fourth-order valence-electron chi connectivity index (χ4n) is 3.49. The van der Waals surface area contributed by atoms with Crippen LogP contribution < -0.4 is 10.6 Å². The first kappa shape index (κ1) is 23.0. The summed E-state index contributed by atoms with van der Waals surface area (Å²) in [5.74, 6) is -0.936. The van der Waals surface area contributed by atoms with Crippen molar-refractivity contribution in [2.24, 2.45) is 0 Å². The second-order valence-electron chi connectivity index (χ2n) is 7.35. The number of benzene rings is 2. The van der Waals surface area contributed by atoms with Gasteiger partial charge in [0.2, 0.25) is 5.91 Å². The van der Waals surface area contributed by atoms with Crippen molar-refractivity contribution >= 4 is 34.1 Å². The van der Waals surface area contributed by atoms with Crippen LogP contribution in [0.3, 0.4) is 0 Å². The molecule has 0 aliphatic rings. The van der Waals surface area contributed by atoms with E-state index in [2.05, 4.69) is 33.9 Å². The van der Waals surface area contributed by atoms with Crippen molar-refractivity contribution in [2.75, 3.05) is 31.5 Å². The fraction of sp³-hybridized carbons (Fsp3) is 0.304. The SMILES string of the molecule is CCN(CC)CCn1ccc2cc(NC(=O)CNC(=O)c3cccc([N+](=O)[O-])c3)ccc21. The summed E-state index contributed by atoms with van der Waals surface area (Å²) in [6.45, 7) is 7.95. The maximum atomic E-state index is 12.3. The number of carbonyl (C=O) groups excluding carboxylic acids is 2. The molecule has 9 heteroatoms. The van der Waals surface area contributed by atoms with Gasteiger partial charge in [-0.15, -0.1) is 0 Å². The van der Waals surface area contributed by atoms with E-state index in [1.165, 1.54) is 24.3 Å². The summed E-state index contributed by atoms with van der Waals surface area (Å²) in [7, 11) is 0. The molecular weight excluding hydrogens is 410 g/mol. The van der Waals surface area contributed by atoms with E-state index >= 15 is 0 Å². The molecule has 0 spiro atoms. The van der Waals surface area contributed by atoms with Crippen molar-refractivity contribution in [3.8, 4) is 0 Å². The van der Waals surface area contributed by atoms with Crippen molar-refractivity contribution in [1.82, 2.24) is 14.8 Å². The minimum Gasteiger partial charge on any atom is -0.346 e. The normalized spacial score (nSPS) is 11.0. The van der Waals surface area contributed by atoms with Crippen LogP contribution in [0.5, 0.6) is 0 Å². The molecule has 3 rings (SSSR count). The van der Waals surface area contributed by atoms with Gasteiger partial charge in [0.25, 0.3) is 11.6 Å². The average Bonchev–Trinajstić information content (AvgIpc) is 3.20. The lowest BCUT2D eigenvalue weighted by Crippen LogP contribution is -2.32. The average molecular weight is 438 g/mol. The summed E-state index contributed by atoms with van der Waals surface area (Å²) in [5, 5.41) is 17.1. The van der Waals surface area contributed by atoms with E-state index in [-0.39, 0.29) is 23.7 Å².